The quantitative estimate of drug-likeness (QED) is 0.566. The summed E-state index contributed by atoms with van der Waals surface area (Å²) < 4.78 is 10.0. The smallest absolute Gasteiger partial charge is 0.332 e. The number of ether oxygens (including phenoxy) is 1. The van der Waals surface area contributed by atoms with Crippen molar-refractivity contribution in [2.75, 3.05) is 0 Å². The van der Waals surface area contributed by atoms with E-state index in [0.29, 0.717) is 22.7 Å². The minimum absolute atomic E-state index is 0.307. The lowest BCUT2D eigenvalue weighted by Crippen LogP contribution is -2.37. The van der Waals surface area contributed by atoms with Gasteiger partial charge >= 0.3 is 5.69 Å². The van der Waals surface area contributed by atoms with E-state index < -0.39 is 0 Å². The second-order valence-corrected chi connectivity index (χ2v) is 6.27. The predicted octanol–water partition coefficient (Wildman–Crippen LogP) is 1.53. The first-order valence-electron chi connectivity index (χ1n) is 7.30. The third-order valence-electron chi connectivity index (χ3n) is 3.94. The molecule has 0 N–H and O–H groups in total. The van der Waals surface area contributed by atoms with E-state index in [9.17, 15) is 9.59 Å². The lowest BCUT2D eigenvalue weighted by Gasteiger charge is -2.06. The van der Waals surface area contributed by atoms with E-state index in [4.69, 9.17) is 4.74 Å². The molecule has 0 bridgehead atoms. The number of para-hydroxylation sites is 1. The molecule has 0 saturated heterocycles. The maximum absolute atomic E-state index is 12.6. The van der Waals surface area contributed by atoms with E-state index in [2.05, 4.69) is 4.98 Å². The van der Waals surface area contributed by atoms with Crippen molar-refractivity contribution >= 4 is 27.5 Å². The van der Waals surface area contributed by atoms with Crippen LogP contribution in [0.3, 0.4) is 0 Å². The molecule has 0 atom stereocenters. The first-order valence-corrected chi connectivity index (χ1v) is 8.18. The second-order valence-electron chi connectivity index (χ2n) is 5.44. The number of nitrogens with zero attached hydrogens (tertiary/aromatic N) is 4. The molecule has 4 rings (SSSR count). The zero-order chi connectivity index (χ0) is 16.8. The van der Waals surface area contributed by atoms with Crippen LogP contribution in [0.15, 0.2) is 45.3 Å². The molecule has 7 nitrogen and oxygen atoms in total. The minimum atomic E-state index is -0.389. The molecule has 122 valence electrons. The van der Waals surface area contributed by atoms with Gasteiger partial charge < -0.3 is 4.74 Å². The van der Waals surface area contributed by atoms with Gasteiger partial charge in [-0.2, -0.15) is 0 Å². The molecule has 0 aliphatic rings. The van der Waals surface area contributed by atoms with Gasteiger partial charge in [0.15, 0.2) is 16.1 Å². The molecule has 24 heavy (non-hydrogen) atoms. The maximum atomic E-state index is 12.6. The van der Waals surface area contributed by atoms with Gasteiger partial charge in [0.25, 0.3) is 5.56 Å². The number of rotatable bonds is 3. The Hall–Kier alpha value is -2.87. The average molecular weight is 342 g/mol. The van der Waals surface area contributed by atoms with Crippen molar-refractivity contribution < 1.29 is 4.74 Å². The normalized spacial score (nSPS) is 11.4. The van der Waals surface area contributed by atoms with Crippen molar-refractivity contribution in [3.63, 3.8) is 0 Å². The van der Waals surface area contributed by atoms with Crippen molar-refractivity contribution in [3.05, 3.63) is 62.2 Å². The van der Waals surface area contributed by atoms with Crippen molar-refractivity contribution in [1.29, 1.82) is 0 Å². The van der Waals surface area contributed by atoms with Crippen LogP contribution >= 0.6 is 11.3 Å². The molecule has 1 aromatic carbocycles. The summed E-state index contributed by atoms with van der Waals surface area (Å²) in [6.45, 7) is 0.307. The monoisotopic (exact) mass is 342 g/mol. The molecule has 3 heterocycles. The van der Waals surface area contributed by atoms with Crippen LogP contribution in [0.4, 0.5) is 0 Å². The van der Waals surface area contributed by atoms with Crippen LogP contribution in [-0.2, 0) is 20.7 Å². The topological polar surface area (TPSA) is 70.5 Å². The minimum Gasteiger partial charge on any atom is -0.487 e. The third-order valence-corrected chi connectivity index (χ3v) is 4.82. The molecule has 0 aliphatic carbocycles. The number of hydrogen-bond donors (Lipinski definition) is 0. The van der Waals surface area contributed by atoms with Gasteiger partial charge in [0.1, 0.15) is 12.4 Å². The molecule has 0 spiro atoms. The molecule has 0 amide bonds. The first kappa shape index (κ1) is 14.7. The molecule has 3 aromatic heterocycles. The van der Waals surface area contributed by atoms with E-state index >= 15 is 0 Å². The average Bonchev–Trinajstić information content (AvgIpc) is 3.16. The van der Waals surface area contributed by atoms with Gasteiger partial charge in [-0.25, -0.2) is 9.78 Å². The fourth-order valence-electron chi connectivity index (χ4n) is 2.67. The van der Waals surface area contributed by atoms with Crippen LogP contribution in [0.1, 0.15) is 5.69 Å². The van der Waals surface area contributed by atoms with E-state index in [1.54, 1.807) is 11.4 Å². The first-order chi connectivity index (χ1) is 11.6. The summed E-state index contributed by atoms with van der Waals surface area (Å²) >= 11 is 1.41. The van der Waals surface area contributed by atoms with Gasteiger partial charge in [-0.3, -0.25) is 18.3 Å². The SMILES string of the molecule is Cn1c(=O)c2c(nc3scc(COc4ccccc4)n32)n(C)c1=O. The summed E-state index contributed by atoms with van der Waals surface area (Å²) in [6, 6.07) is 9.47. The molecular weight excluding hydrogens is 328 g/mol. The summed E-state index contributed by atoms with van der Waals surface area (Å²) in [5.41, 5.74) is 0.843. The van der Waals surface area contributed by atoms with E-state index in [0.717, 1.165) is 16.0 Å². The second kappa shape index (κ2) is 5.34. The number of aromatic nitrogens is 4. The van der Waals surface area contributed by atoms with Crippen LogP contribution < -0.4 is 16.0 Å². The lowest BCUT2D eigenvalue weighted by atomic mass is 10.3. The molecule has 0 saturated carbocycles. The zero-order valence-electron chi connectivity index (χ0n) is 13.1. The molecule has 0 unspecified atom stereocenters. The summed E-state index contributed by atoms with van der Waals surface area (Å²) in [5.74, 6) is 0.751. The summed E-state index contributed by atoms with van der Waals surface area (Å²) in [7, 11) is 3.08. The third kappa shape index (κ3) is 2.07. The van der Waals surface area contributed by atoms with Gasteiger partial charge in [-0.05, 0) is 12.1 Å². The van der Waals surface area contributed by atoms with Crippen molar-refractivity contribution in [3.8, 4) is 5.75 Å². The highest BCUT2D eigenvalue weighted by molar-refractivity contribution is 7.15. The molecule has 8 heteroatoms. The standard InChI is InChI=1S/C16H14N4O3S/c1-18-13-12(14(21)19(2)16(18)22)20-10(9-24-15(20)17-13)8-23-11-6-4-3-5-7-11/h3-7,9H,8H2,1-2H3. The van der Waals surface area contributed by atoms with Crippen LogP contribution in [0.25, 0.3) is 16.1 Å². The Morgan fingerprint density at radius 1 is 1.12 bits per heavy atom. The van der Waals surface area contributed by atoms with E-state index in [1.165, 1.54) is 23.0 Å². The van der Waals surface area contributed by atoms with Crippen molar-refractivity contribution in [1.82, 2.24) is 18.5 Å². The van der Waals surface area contributed by atoms with Gasteiger partial charge in [0, 0.05) is 19.5 Å². The molecule has 0 fully saturated rings. The summed E-state index contributed by atoms with van der Waals surface area (Å²) in [4.78, 5) is 29.7. The number of aryl methyl sites for hydroxylation is 1. The Morgan fingerprint density at radius 3 is 2.62 bits per heavy atom. The van der Waals surface area contributed by atoms with Gasteiger partial charge in [0.05, 0.1) is 5.69 Å². The van der Waals surface area contributed by atoms with Gasteiger partial charge in [0.2, 0.25) is 0 Å². The van der Waals surface area contributed by atoms with Crippen LogP contribution in [0, 0.1) is 0 Å². The predicted molar refractivity (Wildman–Crippen MR) is 91.8 cm³/mol. The van der Waals surface area contributed by atoms with Crippen molar-refractivity contribution in [2.45, 2.75) is 6.61 Å². The molecule has 0 radical (unpaired) electrons. The fraction of sp³-hybridized carbons (Fsp3) is 0.188. The highest BCUT2D eigenvalue weighted by Crippen LogP contribution is 2.22. The Morgan fingerprint density at radius 2 is 1.88 bits per heavy atom. The molecule has 0 aliphatic heterocycles. The Labute approximate surface area is 140 Å². The zero-order valence-corrected chi connectivity index (χ0v) is 13.9. The van der Waals surface area contributed by atoms with E-state index in [1.807, 2.05) is 35.7 Å². The number of fused-ring (bicyclic) bond motifs is 3. The number of imidazole rings is 1. The molecule has 4 aromatic rings. The number of thiazole rings is 1. The summed E-state index contributed by atoms with van der Waals surface area (Å²) in [6.07, 6.45) is 0. The van der Waals surface area contributed by atoms with Crippen LogP contribution in [0.5, 0.6) is 5.75 Å². The van der Waals surface area contributed by atoms with Crippen LogP contribution in [-0.4, -0.2) is 18.5 Å². The number of hydrogen-bond acceptors (Lipinski definition) is 5. The fourth-order valence-corrected chi connectivity index (χ4v) is 3.54. The highest BCUT2D eigenvalue weighted by atomic mass is 32.1. The Bertz CT molecular complexity index is 1170. The van der Waals surface area contributed by atoms with Crippen molar-refractivity contribution in [2.24, 2.45) is 14.1 Å². The largest absolute Gasteiger partial charge is 0.487 e. The maximum Gasteiger partial charge on any atom is 0.332 e. The van der Waals surface area contributed by atoms with Gasteiger partial charge in [-0.1, -0.05) is 18.2 Å². The summed E-state index contributed by atoms with van der Waals surface area (Å²) in [5, 5.41) is 1.91. The number of benzene rings is 1. The van der Waals surface area contributed by atoms with E-state index in [-0.39, 0.29) is 11.2 Å². The lowest BCUT2D eigenvalue weighted by molar-refractivity contribution is 0.301. The Kier molecular flexibility index (Phi) is 3.27. The highest BCUT2D eigenvalue weighted by Gasteiger charge is 2.18. The Balaban J connectivity index is 1.89. The van der Waals surface area contributed by atoms with Gasteiger partial charge in [-0.15, -0.1) is 11.3 Å². The van der Waals surface area contributed by atoms with Crippen LogP contribution in [0.2, 0.25) is 0 Å². The molecular formula is C16H14N4O3S.